The predicted octanol–water partition coefficient (Wildman–Crippen LogP) is 2.57. The van der Waals surface area contributed by atoms with Gasteiger partial charge in [-0.15, -0.1) is 0 Å². The monoisotopic (exact) mass is 285 g/mol. The Morgan fingerprint density at radius 3 is 2.62 bits per heavy atom. The van der Waals surface area contributed by atoms with Crippen LogP contribution in [0.2, 0.25) is 0 Å². The molecule has 1 amide bonds. The molecule has 2 aromatic carbocycles. The van der Waals surface area contributed by atoms with Crippen molar-refractivity contribution in [1.82, 2.24) is 0 Å². The summed E-state index contributed by atoms with van der Waals surface area (Å²) in [5.74, 6) is -0.558. The van der Waals surface area contributed by atoms with Crippen molar-refractivity contribution in [3.63, 3.8) is 0 Å². The second kappa shape index (κ2) is 6.56. The second-order valence-electron chi connectivity index (χ2n) is 4.46. The molecule has 0 radical (unpaired) electrons. The SMILES string of the molecule is COc1cccc(CC(=O)Nc2cccc(C(=O)O)c2)c1. The molecule has 5 nitrogen and oxygen atoms in total. The van der Waals surface area contributed by atoms with Crippen molar-refractivity contribution in [1.29, 1.82) is 0 Å². The van der Waals surface area contributed by atoms with Crippen molar-refractivity contribution < 1.29 is 19.4 Å². The summed E-state index contributed by atoms with van der Waals surface area (Å²) in [4.78, 5) is 22.8. The maximum Gasteiger partial charge on any atom is 0.335 e. The number of carbonyl (C=O) groups excluding carboxylic acids is 1. The van der Waals surface area contributed by atoms with E-state index >= 15 is 0 Å². The maximum atomic E-state index is 12.0. The van der Waals surface area contributed by atoms with Crippen molar-refractivity contribution in [3.8, 4) is 5.75 Å². The second-order valence-corrected chi connectivity index (χ2v) is 4.46. The molecule has 0 unspecified atom stereocenters. The van der Waals surface area contributed by atoms with Crippen molar-refractivity contribution in [3.05, 3.63) is 59.7 Å². The molecular formula is C16H15NO4. The van der Waals surface area contributed by atoms with Crippen LogP contribution in [-0.4, -0.2) is 24.1 Å². The zero-order chi connectivity index (χ0) is 15.2. The van der Waals surface area contributed by atoms with Gasteiger partial charge in [-0.3, -0.25) is 4.79 Å². The van der Waals surface area contributed by atoms with Crippen LogP contribution in [0.25, 0.3) is 0 Å². The van der Waals surface area contributed by atoms with Crippen molar-refractivity contribution in [2.75, 3.05) is 12.4 Å². The van der Waals surface area contributed by atoms with Crippen LogP contribution in [0.15, 0.2) is 48.5 Å². The summed E-state index contributed by atoms with van der Waals surface area (Å²) in [5, 5.41) is 11.6. The number of aromatic carboxylic acids is 1. The van der Waals surface area contributed by atoms with Gasteiger partial charge in [0.1, 0.15) is 5.75 Å². The Balaban J connectivity index is 2.04. The van der Waals surface area contributed by atoms with Gasteiger partial charge in [0.25, 0.3) is 0 Å². The van der Waals surface area contributed by atoms with Crippen LogP contribution in [0.1, 0.15) is 15.9 Å². The lowest BCUT2D eigenvalue weighted by molar-refractivity contribution is -0.115. The van der Waals surface area contributed by atoms with E-state index in [1.54, 1.807) is 31.4 Å². The van der Waals surface area contributed by atoms with E-state index < -0.39 is 5.97 Å². The first-order valence-electron chi connectivity index (χ1n) is 6.34. The zero-order valence-corrected chi connectivity index (χ0v) is 11.5. The summed E-state index contributed by atoms with van der Waals surface area (Å²) in [5.41, 5.74) is 1.42. The number of hydrogen-bond donors (Lipinski definition) is 2. The van der Waals surface area contributed by atoms with Crippen molar-refractivity contribution in [2.45, 2.75) is 6.42 Å². The number of rotatable bonds is 5. The lowest BCUT2D eigenvalue weighted by Crippen LogP contribution is -2.14. The largest absolute Gasteiger partial charge is 0.497 e. The minimum Gasteiger partial charge on any atom is -0.497 e. The highest BCUT2D eigenvalue weighted by Crippen LogP contribution is 2.15. The molecule has 2 aromatic rings. The molecule has 0 aliphatic heterocycles. The van der Waals surface area contributed by atoms with Gasteiger partial charge in [-0.2, -0.15) is 0 Å². The smallest absolute Gasteiger partial charge is 0.335 e. The van der Waals surface area contributed by atoms with Crippen LogP contribution in [0.3, 0.4) is 0 Å². The standard InChI is InChI=1S/C16H15NO4/c1-21-14-7-2-4-11(8-14)9-15(18)17-13-6-3-5-12(10-13)16(19)20/h2-8,10H,9H2,1H3,(H,17,18)(H,19,20). The Labute approximate surface area is 122 Å². The van der Waals surface area contributed by atoms with E-state index in [2.05, 4.69) is 5.32 Å². The van der Waals surface area contributed by atoms with E-state index in [1.807, 2.05) is 12.1 Å². The highest BCUT2D eigenvalue weighted by atomic mass is 16.5. The van der Waals surface area contributed by atoms with E-state index in [9.17, 15) is 9.59 Å². The predicted molar refractivity (Wildman–Crippen MR) is 78.7 cm³/mol. The number of carboxylic acid groups (broad SMARTS) is 1. The Hall–Kier alpha value is -2.82. The molecule has 2 N–H and O–H groups in total. The van der Waals surface area contributed by atoms with Gasteiger partial charge in [-0.25, -0.2) is 4.79 Å². The fraction of sp³-hybridized carbons (Fsp3) is 0.125. The van der Waals surface area contributed by atoms with Crippen LogP contribution in [-0.2, 0) is 11.2 Å². The molecule has 21 heavy (non-hydrogen) atoms. The Kier molecular flexibility index (Phi) is 4.56. The zero-order valence-electron chi connectivity index (χ0n) is 11.5. The molecule has 2 rings (SSSR count). The number of ether oxygens (including phenoxy) is 1. The molecule has 0 saturated heterocycles. The summed E-state index contributed by atoms with van der Waals surface area (Å²) in [6.45, 7) is 0. The van der Waals surface area contributed by atoms with Gasteiger partial charge in [0.2, 0.25) is 5.91 Å². The van der Waals surface area contributed by atoms with E-state index in [0.717, 1.165) is 5.56 Å². The third-order valence-corrected chi connectivity index (χ3v) is 2.89. The molecule has 0 spiro atoms. The van der Waals surface area contributed by atoms with E-state index in [-0.39, 0.29) is 17.9 Å². The highest BCUT2D eigenvalue weighted by Gasteiger charge is 2.07. The topological polar surface area (TPSA) is 75.6 Å². The van der Waals surface area contributed by atoms with Crippen molar-refractivity contribution in [2.24, 2.45) is 0 Å². The summed E-state index contributed by atoms with van der Waals surface area (Å²) in [6, 6.07) is 13.4. The number of methoxy groups -OCH3 is 1. The number of nitrogens with one attached hydrogen (secondary N) is 1. The molecule has 0 fully saturated rings. The minimum atomic E-state index is -1.03. The average Bonchev–Trinajstić information content (AvgIpc) is 2.47. The van der Waals surface area contributed by atoms with Crippen LogP contribution < -0.4 is 10.1 Å². The van der Waals surface area contributed by atoms with Crippen LogP contribution in [0.4, 0.5) is 5.69 Å². The number of carbonyl (C=O) groups is 2. The molecule has 0 bridgehead atoms. The third-order valence-electron chi connectivity index (χ3n) is 2.89. The average molecular weight is 285 g/mol. The molecule has 0 aliphatic rings. The molecule has 0 saturated carbocycles. The Morgan fingerprint density at radius 1 is 1.14 bits per heavy atom. The maximum absolute atomic E-state index is 12.0. The normalized spacial score (nSPS) is 9.95. The number of benzene rings is 2. The number of anilines is 1. The Bertz CT molecular complexity index is 667. The van der Waals surface area contributed by atoms with Crippen LogP contribution in [0.5, 0.6) is 5.75 Å². The van der Waals surface area contributed by atoms with Gasteiger partial charge >= 0.3 is 5.97 Å². The van der Waals surface area contributed by atoms with Gasteiger partial charge in [0.15, 0.2) is 0 Å². The lowest BCUT2D eigenvalue weighted by Gasteiger charge is -2.07. The van der Waals surface area contributed by atoms with E-state index in [4.69, 9.17) is 9.84 Å². The van der Waals surface area contributed by atoms with Crippen LogP contribution in [0, 0.1) is 0 Å². The summed E-state index contributed by atoms with van der Waals surface area (Å²) < 4.78 is 5.10. The van der Waals surface area contributed by atoms with E-state index in [1.165, 1.54) is 12.1 Å². The Morgan fingerprint density at radius 2 is 1.90 bits per heavy atom. The molecule has 5 heteroatoms. The first-order valence-corrected chi connectivity index (χ1v) is 6.34. The van der Waals surface area contributed by atoms with Gasteiger partial charge in [-0.05, 0) is 35.9 Å². The number of carboxylic acids is 1. The first-order chi connectivity index (χ1) is 10.1. The summed E-state index contributed by atoms with van der Waals surface area (Å²) in [6.07, 6.45) is 0.189. The summed E-state index contributed by atoms with van der Waals surface area (Å²) in [7, 11) is 1.57. The van der Waals surface area contributed by atoms with Gasteiger partial charge in [0, 0.05) is 5.69 Å². The molecule has 0 heterocycles. The quantitative estimate of drug-likeness (QED) is 0.885. The van der Waals surface area contributed by atoms with Gasteiger partial charge in [-0.1, -0.05) is 18.2 Å². The molecule has 108 valence electrons. The lowest BCUT2D eigenvalue weighted by atomic mass is 10.1. The van der Waals surface area contributed by atoms with Crippen LogP contribution >= 0.6 is 0 Å². The van der Waals surface area contributed by atoms with E-state index in [0.29, 0.717) is 11.4 Å². The molecule has 0 aromatic heterocycles. The van der Waals surface area contributed by atoms with Crippen molar-refractivity contribution >= 4 is 17.6 Å². The van der Waals surface area contributed by atoms with Gasteiger partial charge < -0.3 is 15.2 Å². The minimum absolute atomic E-state index is 0.134. The van der Waals surface area contributed by atoms with Gasteiger partial charge in [0.05, 0.1) is 19.1 Å². The number of hydrogen-bond acceptors (Lipinski definition) is 3. The molecular weight excluding hydrogens is 270 g/mol. The number of amides is 1. The fourth-order valence-corrected chi connectivity index (χ4v) is 1.90. The molecule has 0 aliphatic carbocycles. The first kappa shape index (κ1) is 14.6. The summed E-state index contributed by atoms with van der Waals surface area (Å²) >= 11 is 0. The highest BCUT2D eigenvalue weighted by molar-refractivity contribution is 5.94. The fourth-order valence-electron chi connectivity index (χ4n) is 1.90. The molecule has 0 atom stereocenters. The third kappa shape index (κ3) is 4.07.